The van der Waals surface area contributed by atoms with Crippen molar-refractivity contribution >= 4 is 0 Å². The second-order valence-electron chi connectivity index (χ2n) is 14.1. The maximum Gasteiger partial charge on any atom is -0.0282 e. The molecule has 0 amide bonds. The lowest BCUT2D eigenvalue weighted by molar-refractivity contribution is -0.102. The molecule has 0 fully saturated rings. The molecule has 26 heavy (non-hydrogen) atoms. The predicted molar refractivity (Wildman–Crippen MR) is 121 cm³/mol. The Balaban J connectivity index is 6.89. The fraction of sp³-hybridized carbons (Fsp3) is 1.00. The number of rotatable bonds is 5. The van der Waals surface area contributed by atoms with Crippen molar-refractivity contribution in [3.8, 4) is 0 Å². The molecule has 0 nitrogen and oxygen atoms in total. The van der Waals surface area contributed by atoms with Crippen LogP contribution in [0.2, 0.25) is 0 Å². The SMILES string of the molecule is CC(C)C(C(C)C)C(C(C(C)(C)C)C(C)(C)C)C(C(C)(C)C)C(C)(C)C. The first-order valence-electron chi connectivity index (χ1n) is 11.1. The summed E-state index contributed by atoms with van der Waals surface area (Å²) >= 11 is 0. The van der Waals surface area contributed by atoms with Crippen molar-refractivity contribution in [3.63, 3.8) is 0 Å². The van der Waals surface area contributed by atoms with Gasteiger partial charge in [-0.3, -0.25) is 0 Å². The third-order valence-corrected chi connectivity index (χ3v) is 6.49. The molecule has 0 heteroatoms. The summed E-state index contributed by atoms with van der Waals surface area (Å²) in [6.07, 6.45) is 0. The highest BCUT2D eigenvalue weighted by Crippen LogP contribution is 2.59. The van der Waals surface area contributed by atoms with Gasteiger partial charge in [-0.1, -0.05) is 111 Å². The molecule has 0 spiro atoms. The average molecular weight is 367 g/mol. The van der Waals surface area contributed by atoms with Crippen LogP contribution in [0.15, 0.2) is 0 Å². The molecule has 0 aliphatic heterocycles. The molecule has 0 bridgehead atoms. The zero-order chi connectivity index (χ0) is 21.5. The van der Waals surface area contributed by atoms with Gasteiger partial charge in [0.25, 0.3) is 0 Å². The van der Waals surface area contributed by atoms with Crippen LogP contribution in [0.3, 0.4) is 0 Å². The summed E-state index contributed by atoms with van der Waals surface area (Å²) in [5.74, 6) is 4.21. The van der Waals surface area contributed by atoms with E-state index in [9.17, 15) is 0 Å². The first-order valence-corrected chi connectivity index (χ1v) is 11.1. The smallest absolute Gasteiger partial charge is 0.0282 e. The van der Waals surface area contributed by atoms with Gasteiger partial charge in [0.15, 0.2) is 0 Å². The molecule has 0 unspecified atom stereocenters. The van der Waals surface area contributed by atoms with E-state index in [1.807, 2.05) is 0 Å². The molecule has 0 N–H and O–H groups in total. The van der Waals surface area contributed by atoms with Crippen molar-refractivity contribution in [1.82, 2.24) is 0 Å². The summed E-state index contributed by atoms with van der Waals surface area (Å²) in [6.45, 7) is 39.6. The summed E-state index contributed by atoms with van der Waals surface area (Å²) in [6, 6.07) is 0. The van der Waals surface area contributed by atoms with E-state index in [-0.39, 0.29) is 0 Å². The van der Waals surface area contributed by atoms with Gasteiger partial charge in [-0.25, -0.2) is 0 Å². The van der Waals surface area contributed by atoms with Gasteiger partial charge in [-0.2, -0.15) is 0 Å². The van der Waals surface area contributed by atoms with Crippen molar-refractivity contribution in [2.45, 2.75) is 111 Å². The Morgan fingerprint density at radius 1 is 0.346 bits per heavy atom. The van der Waals surface area contributed by atoms with E-state index in [0.717, 1.165) is 5.92 Å². The molecule has 0 saturated carbocycles. The normalized spacial score (nSPS) is 15.5. The fourth-order valence-corrected chi connectivity index (χ4v) is 7.20. The molecular formula is C26H54. The van der Waals surface area contributed by atoms with Gasteiger partial charge in [-0.15, -0.1) is 0 Å². The Hall–Kier alpha value is 0. The quantitative estimate of drug-likeness (QED) is 0.455. The Labute approximate surface area is 168 Å². The van der Waals surface area contributed by atoms with Gasteiger partial charge in [0.2, 0.25) is 0 Å². The maximum atomic E-state index is 2.48. The Kier molecular flexibility index (Phi) is 8.16. The number of hydrogen-bond donors (Lipinski definition) is 0. The first-order chi connectivity index (χ1) is 11.1. The summed E-state index contributed by atoms with van der Waals surface area (Å²) in [5, 5.41) is 0. The third-order valence-electron chi connectivity index (χ3n) is 6.49. The van der Waals surface area contributed by atoms with Crippen LogP contribution in [0.4, 0.5) is 0 Å². The summed E-state index contributed by atoms with van der Waals surface area (Å²) in [5.41, 5.74) is 1.17. The molecule has 0 aliphatic carbocycles. The van der Waals surface area contributed by atoms with Gasteiger partial charge in [-0.05, 0) is 57.2 Å². The van der Waals surface area contributed by atoms with E-state index in [1.54, 1.807) is 0 Å². The van der Waals surface area contributed by atoms with E-state index in [0.29, 0.717) is 51.2 Å². The van der Waals surface area contributed by atoms with Crippen LogP contribution in [0.25, 0.3) is 0 Å². The molecule has 0 radical (unpaired) electrons. The standard InChI is InChI=1S/C26H54/c1-17(2)19(18(3)4)20(21(23(5,6)7)24(8,9)10)22(25(11,12)13)26(14,15)16/h17-22H,1-16H3. The van der Waals surface area contributed by atoms with E-state index in [2.05, 4.69) is 111 Å². The van der Waals surface area contributed by atoms with Crippen LogP contribution >= 0.6 is 0 Å². The predicted octanol–water partition coefficient (Wildman–Crippen LogP) is 8.95. The monoisotopic (exact) mass is 366 g/mol. The van der Waals surface area contributed by atoms with E-state index >= 15 is 0 Å². The van der Waals surface area contributed by atoms with Crippen molar-refractivity contribution in [1.29, 1.82) is 0 Å². The van der Waals surface area contributed by atoms with Crippen LogP contribution in [0.1, 0.15) is 111 Å². The lowest BCUT2D eigenvalue weighted by Gasteiger charge is -2.58. The first kappa shape index (κ1) is 26.0. The molecule has 0 atom stereocenters. The Morgan fingerprint density at radius 2 is 0.538 bits per heavy atom. The molecule has 0 aromatic rings. The fourth-order valence-electron chi connectivity index (χ4n) is 7.20. The van der Waals surface area contributed by atoms with Gasteiger partial charge in [0.1, 0.15) is 0 Å². The highest BCUT2D eigenvalue weighted by atomic mass is 14.6. The van der Waals surface area contributed by atoms with Crippen LogP contribution in [0, 0.1) is 57.2 Å². The van der Waals surface area contributed by atoms with Gasteiger partial charge < -0.3 is 0 Å². The second-order valence-corrected chi connectivity index (χ2v) is 14.1. The zero-order valence-corrected chi connectivity index (χ0v) is 21.5. The highest BCUT2D eigenvalue weighted by molar-refractivity contribution is 5.01. The minimum absolute atomic E-state index is 0.291. The van der Waals surface area contributed by atoms with Gasteiger partial charge in [0.05, 0.1) is 0 Å². The van der Waals surface area contributed by atoms with Crippen LogP contribution in [-0.2, 0) is 0 Å². The average Bonchev–Trinajstić information content (AvgIpc) is 2.17. The van der Waals surface area contributed by atoms with Crippen LogP contribution in [-0.4, -0.2) is 0 Å². The summed E-state index contributed by atoms with van der Waals surface area (Å²) in [4.78, 5) is 0. The number of hydrogen-bond acceptors (Lipinski definition) is 0. The minimum Gasteiger partial charge on any atom is -0.0625 e. The van der Waals surface area contributed by atoms with Crippen LogP contribution < -0.4 is 0 Å². The molecule has 0 heterocycles. The molecule has 0 saturated heterocycles. The van der Waals surface area contributed by atoms with Gasteiger partial charge in [0, 0.05) is 0 Å². The largest absolute Gasteiger partial charge is 0.0625 e. The Morgan fingerprint density at radius 3 is 0.654 bits per heavy atom. The van der Waals surface area contributed by atoms with Crippen LogP contribution in [0.5, 0.6) is 0 Å². The third kappa shape index (κ3) is 6.56. The van der Waals surface area contributed by atoms with Gasteiger partial charge >= 0.3 is 0 Å². The topological polar surface area (TPSA) is 0 Å². The summed E-state index contributed by atoms with van der Waals surface area (Å²) < 4.78 is 0. The van der Waals surface area contributed by atoms with E-state index in [1.165, 1.54) is 0 Å². The molecular weight excluding hydrogens is 312 g/mol. The molecule has 158 valence electrons. The highest BCUT2D eigenvalue weighted by Gasteiger charge is 2.53. The Bertz CT molecular complexity index is 343. The lowest BCUT2D eigenvalue weighted by atomic mass is 9.47. The minimum atomic E-state index is 0.291. The molecule has 0 aliphatic rings. The van der Waals surface area contributed by atoms with Crippen molar-refractivity contribution < 1.29 is 0 Å². The van der Waals surface area contributed by atoms with Crippen molar-refractivity contribution in [3.05, 3.63) is 0 Å². The zero-order valence-electron chi connectivity index (χ0n) is 21.5. The lowest BCUT2D eigenvalue weighted by Crippen LogP contribution is -2.53. The summed E-state index contributed by atoms with van der Waals surface area (Å²) in [7, 11) is 0. The molecule has 0 aromatic carbocycles. The van der Waals surface area contributed by atoms with E-state index < -0.39 is 0 Å². The molecule has 0 aromatic heterocycles. The second kappa shape index (κ2) is 8.16. The van der Waals surface area contributed by atoms with Crippen molar-refractivity contribution in [2.75, 3.05) is 0 Å². The maximum absolute atomic E-state index is 2.48. The van der Waals surface area contributed by atoms with Crippen molar-refractivity contribution in [2.24, 2.45) is 57.2 Å². The molecule has 0 rings (SSSR count). The van der Waals surface area contributed by atoms with E-state index in [4.69, 9.17) is 0 Å².